The number of hydrogen-bond donors (Lipinski definition) is 1. The number of para-hydroxylation sites is 1. The molecular weight excluding hydrogens is 350 g/mol. The van der Waals surface area contributed by atoms with Crippen LogP contribution in [0, 0.1) is 13.8 Å². The Bertz CT molecular complexity index is 894. The van der Waals surface area contributed by atoms with Gasteiger partial charge in [0.2, 0.25) is 15.9 Å². The summed E-state index contributed by atoms with van der Waals surface area (Å²) >= 11 is 0. The Morgan fingerprint density at radius 3 is 2.23 bits per heavy atom. The Morgan fingerprint density at radius 1 is 1.04 bits per heavy atom. The van der Waals surface area contributed by atoms with Crippen LogP contribution in [0.3, 0.4) is 0 Å². The van der Waals surface area contributed by atoms with Crippen LogP contribution >= 0.6 is 0 Å². The molecule has 0 fully saturated rings. The lowest BCUT2D eigenvalue weighted by molar-refractivity contribution is -0.116. The van der Waals surface area contributed by atoms with E-state index in [-0.39, 0.29) is 17.3 Å². The van der Waals surface area contributed by atoms with Crippen LogP contribution < -0.4 is 10.2 Å². The molecule has 0 radical (unpaired) electrons. The molecule has 0 spiro atoms. The van der Waals surface area contributed by atoms with Gasteiger partial charge in [-0.05, 0) is 49.2 Å². The topological polar surface area (TPSA) is 69.7 Å². The van der Waals surface area contributed by atoms with Crippen LogP contribution in [0.5, 0.6) is 0 Å². The maximum atomic E-state index is 12.4. The summed E-state index contributed by atoms with van der Waals surface area (Å²) in [6.45, 7) is 3.82. The van der Waals surface area contributed by atoms with Crippen molar-refractivity contribution in [2.45, 2.75) is 18.7 Å². The molecule has 140 valence electrons. The minimum absolute atomic E-state index is 0.0666. The number of benzene rings is 2. The highest BCUT2D eigenvalue weighted by Crippen LogP contribution is 2.25. The van der Waals surface area contributed by atoms with E-state index in [0.29, 0.717) is 5.69 Å². The number of aryl methyl sites for hydroxylation is 1. The molecule has 0 aliphatic carbocycles. The molecule has 7 heteroatoms. The minimum atomic E-state index is -3.54. The lowest BCUT2D eigenvalue weighted by atomic mass is 10.1. The van der Waals surface area contributed by atoms with Gasteiger partial charge in [0.15, 0.2) is 0 Å². The monoisotopic (exact) mass is 375 g/mol. The van der Waals surface area contributed by atoms with Crippen LogP contribution in [0.1, 0.15) is 11.1 Å². The summed E-state index contributed by atoms with van der Waals surface area (Å²) in [6.07, 6.45) is 0. The molecule has 0 unspecified atom stereocenters. The smallest absolute Gasteiger partial charge is 0.246 e. The number of nitrogens with zero attached hydrogens (tertiary/aromatic N) is 2. The van der Waals surface area contributed by atoms with Crippen molar-refractivity contribution in [3.63, 3.8) is 0 Å². The highest BCUT2D eigenvalue weighted by atomic mass is 32.2. The number of sulfonamides is 1. The predicted molar refractivity (Wildman–Crippen MR) is 105 cm³/mol. The van der Waals surface area contributed by atoms with Crippen LogP contribution in [0.25, 0.3) is 0 Å². The van der Waals surface area contributed by atoms with E-state index in [9.17, 15) is 13.2 Å². The fraction of sp³-hybridized carbons (Fsp3) is 0.316. The average molecular weight is 375 g/mol. The van der Waals surface area contributed by atoms with Crippen molar-refractivity contribution in [2.75, 3.05) is 37.9 Å². The largest absolute Gasteiger partial charge is 0.376 e. The van der Waals surface area contributed by atoms with E-state index >= 15 is 0 Å². The third-order valence-corrected chi connectivity index (χ3v) is 6.16. The third-order valence-electron chi connectivity index (χ3n) is 4.37. The van der Waals surface area contributed by atoms with E-state index in [2.05, 4.69) is 5.32 Å². The van der Waals surface area contributed by atoms with Crippen molar-refractivity contribution in [3.8, 4) is 0 Å². The molecular formula is C19H25N3O3S. The Balaban J connectivity index is 2.22. The maximum Gasteiger partial charge on any atom is 0.246 e. The van der Waals surface area contributed by atoms with E-state index in [1.165, 1.54) is 18.4 Å². The first-order valence-corrected chi connectivity index (χ1v) is 9.68. The zero-order valence-corrected chi connectivity index (χ0v) is 16.6. The van der Waals surface area contributed by atoms with Crippen molar-refractivity contribution >= 4 is 27.3 Å². The molecule has 0 saturated carbocycles. The number of nitrogens with one attached hydrogen (secondary N) is 1. The number of likely N-dealkylation sites (N-methyl/N-ethyl adjacent to an activating group) is 1. The fourth-order valence-electron chi connectivity index (χ4n) is 2.45. The molecule has 0 atom stereocenters. The molecule has 6 nitrogen and oxygen atoms in total. The number of carbonyl (C=O) groups is 1. The fourth-order valence-corrected chi connectivity index (χ4v) is 3.47. The summed E-state index contributed by atoms with van der Waals surface area (Å²) in [5.74, 6) is -0.117. The molecule has 0 aromatic heterocycles. The second kappa shape index (κ2) is 7.88. The van der Waals surface area contributed by atoms with E-state index in [1.54, 1.807) is 24.1 Å². The highest BCUT2D eigenvalue weighted by molar-refractivity contribution is 7.89. The average Bonchev–Trinajstić information content (AvgIpc) is 2.62. The molecule has 1 amide bonds. The second-order valence-electron chi connectivity index (χ2n) is 6.34. The van der Waals surface area contributed by atoms with Crippen LogP contribution in [0.2, 0.25) is 0 Å². The van der Waals surface area contributed by atoms with E-state index in [1.807, 2.05) is 44.2 Å². The Hall–Kier alpha value is -2.38. The van der Waals surface area contributed by atoms with Gasteiger partial charge in [0.05, 0.1) is 11.4 Å². The molecule has 1 N–H and O–H groups in total. The SMILES string of the molecule is Cc1cc(S(=O)(=O)N(C)C)cc(NCC(=O)N(C)c2ccccc2)c1C. The lowest BCUT2D eigenvalue weighted by Crippen LogP contribution is -2.32. The van der Waals surface area contributed by atoms with Crippen LogP contribution in [0.15, 0.2) is 47.4 Å². The van der Waals surface area contributed by atoms with E-state index in [4.69, 9.17) is 0 Å². The Kier molecular flexibility index (Phi) is 6.05. The van der Waals surface area contributed by atoms with Gasteiger partial charge in [-0.2, -0.15) is 0 Å². The molecule has 0 bridgehead atoms. The quantitative estimate of drug-likeness (QED) is 0.843. The summed E-state index contributed by atoms with van der Waals surface area (Å²) in [6, 6.07) is 12.6. The lowest BCUT2D eigenvalue weighted by Gasteiger charge is -2.20. The van der Waals surface area contributed by atoms with Gasteiger partial charge in [-0.1, -0.05) is 18.2 Å². The van der Waals surface area contributed by atoms with Gasteiger partial charge < -0.3 is 10.2 Å². The molecule has 26 heavy (non-hydrogen) atoms. The molecule has 2 rings (SSSR count). The molecule has 0 aliphatic heterocycles. The van der Waals surface area contributed by atoms with Gasteiger partial charge in [0.1, 0.15) is 0 Å². The molecule has 0 saturated heterocycles. The number of carbonyl (C=O) groups excluding carboxylic acids is 1. The first-order valence-electron chi connectivity index (χ1n) is 8.24. The highest BCUT2D eigenvalue weighted by Gasteiger charge is 2.20. The first kappa shape index (κ1) is 19.9. The summed E-state index contributed by atoms with van der Waals surface area (Å²) in [4.78, 5) is 14.2. The van der Waals surface area contributed by atoms with Crippen molar-refractivity contribution in [3.05, 3.63) is 53.6 Å². The van der Waals surface area contributed by atoms with E-state index in [0.717, 1.165) is 16.8 Å². The summed E-state index contributed by atoms with van der Waals surface area (Å²) in [7, 11) is 1.17. The van der Waals surface area contributed by atoms with Crippen LogP contribution in [0.4, 0.5) is 11.4 Å². The van der Waals surface area contributed by atoms with Gasteiger partial charge in [0.25, 0.3) is 0 Å². The zero-order chi connectivity index (χ0) is 19.5. The molecule has 0 aliphatic rings. The van der Waals surface area contributed by atoms with Gasteiger partial charge in [-0.3, -0.25) is 4.79 Å². The molecule has 2 aromatic rings. The number of anilines is 2. The zero-order valence-electron chi connectivity index (χ0n) is 15.8. The normalized spacial score (nSPS) is 11.5. The second-order valence-corrected chi connectivity index (χ2v) is 8.49. The number of hydrogen-bond acceptors (Lipinski definition) is 4. The Labute approximate surface area is 155 Å². The van der Waals surface area contributed by atoms with Gasteiger partial charge >= 0.3 is 0 Å². The van der Waals surface area contributed by atoms with Crippen molar-refractivity contribution in [1.82, 2.24) is 4.31 Å². The van der Waals surface area contributed by atoms with Crippen LogP contribution in [-0.2, 0) is 14.8 Å². The predicted octanol–water partition coefficient (Wildman–Crippen LogP) is 2.63. The van der Waals surface area contributed by atoms with Crippen molar-refractivity contribution in [2.24, 2.45) is 0 Å². The first-order chi connectivity index (χ1) is 12.1. The van der Waals surface area contributed by atoms with E-state index < -0.39 is 10.0 Å². The summed E-state index contributed by atoms with van der Waals surface area (Å²) < 4.78 is 26.0. The van der Waals surface area contributed by atoms with Crippen molar-refractivity contribution < 1.29 is 13.2 Å². The Morgan fingerprint density at radius 2 is 1.65 bits per heavy atom. The number of rotatable bonds is 6. The molecule has 0 heterocycles. The minimum Gasteiger partial charge on any atom is -0.376 e. The van der Waals surface area contributed by atoms with Crippen molar-refractivity contribution in [1.29, 1.82) is 0 Å². The summed E-state index contributed by atoms with van der Waals surface area (Å²) in [5, 5.41) is 3.08. The van der Waals surface area contributed by atoms with Gasteiger partial charge in [-0.15, -0.1) is 0 Å². The van der Waals surface area contributed by atoms with Gasteiger partial charge in [0, 0.05) is 32.5 Å². The summed E-state index contributed by atoms with van der Waals surface area (Å²) in [5.41, 5.74) is 3.20. The standard InChI is InChI=1S/C19H25N3O3S/c1-14-11-17(26(24,25)21(3)4)12-18(15(14)2)20-13-19(23)22(5)16-9-7-6-8-10-16/h6-12,20H,13H2,1-5H3. The maximum absolute atomic E-state index is 12.4. The van der Waals surface area contributed by atoms with Crippen LogP contribution in [-0.4, -0.2) is 46.3 Å². The molecule has 2 aromatic carbocycles. The third kappa shape index (κ3) is 4.23. The number of amides is 1. The van der Waals surface area contributed by atoms with Gasteiger partial charge in [-0.25, -0.2) is 12.7 Å².